The van der Waals surface area contributed by atoms with Crippen LogP contribution in [0.1, 0.15) is 79.1 Å². The van der Waals surface area contributed by atoms with Crippen LogP contribution in [0.15, 0.2) is 0 Å². The van der Waals surface area contributed by atoms with E-state index in [0.717, 1.165) is 5.92 Å². The first kappa shape index (κ1) is 13.9. The number of nitrogens with one attached hydrogen (secondary N) is 1. The molecule has 0 radical (unpaired) electrons. The van der Waals surface area contributed by atoms with Crippen molar-refractivity contribution in [3.8, 4) is 0 Å². The fourth-order valence-electron chi connectivity index (χ4n) is 7.02. The van der Waals surface area contributed by atoms with Crippen molar-refractivity contribution in [1.82, 2.24) is 5.32 Å². The minimum atomic E-state index is 0.679. The first-order valence-corrected chi connectivity index (χ1v) is 8.60. The molecule has 0 saturated heterocycles. The van der Waals surface area contributed by atoms with E-state index < -0.39 is 0 Å². The Labute approximate surface area is 119 Å². The van der Waals surface area contributed by atoms with Gasteiger partial charge in [0, 0.05) is 6.04 Å². The van der Waals surface area contributed by atoms with Gasteiger partial charge in [-0.3, -0.25) is 0 Å². The van der Waals surface area contributed by atoms with Gasteiger partial charge in [0.05, 0.1) is 0 Å². The van der Waals surface area contributed by atoms with Crippen LogP contribution >= 0.6 is 0 Å². The second-order valence-corrected chi connectivity index (χ2v) is 9.19. The average Bonchev–Trinajstić information content (AvgIpc) is 2.20. The zero-order valence-electron chi connectivity index (χ0n) is 13.5. The van der Waals surface area contributed by atoms with Crippen molar-refractivity contribution in [1.29, 1.82) is 0 Å². The van der Waals surface area contributed by atoms with Gasteiger partial charge in [-0.15, -0.1) is 0 Å². The minimum Gasteiger partial charge on any atom is -0.314 e. The zero-order chi connectivity index (χ0) is 13.7. The predicted molar refractivity (Wildman–Crippen MR) is 82.2 cm³/mol. The first-order chi connectivity index (χ1) is 8.86. The fraction of sp³-hybridized carbons (Fsp3) is 1.00. The summed E-state index contributed by atoms with van der Waals surface area (Å²) in [5.74, 6) is 1.05. The summed E-state index contributed by atoms with van der Waals surface area (Å²) in [5.41, 5.74) is 2.04. The third-order valence-corrected chi connectivity index (χ3v) is 6.22. The lowest BCUT2D eigenvalue weighted by atomic mass is 9.39. The van der Waals surface area contributed by atoms with E-state index >= 15 is 0 Å². The molecule has 4 bridgehead atoms. The van der Waals surface area contributed by atoms with Crippen molar-refractivity contribution in [2.24, 2.45) is 22.2 Å². The van der Waals surface area contributed by atoms with Crippen LogP contribution in [0.4, 0.5) is 0 Å². The normalized spacial score (nSPS) is 49.6. The van der Waals surface area contributed by atoms with Gasteiger partial charge in [-0.1, -0.05) is 20.8 Å². The maximum absolute atomic E-state index is 3.73. The highest BCUT2D eigenvalue weighted by atomic mass is 14.9. The number of hydrogen-bond acceptors (Lipinski definition) is 1. The highest BCUT2D eigenvalue weighted by Crippen LogP contribution is 2.70. The minimum absolute atomic E-state index is 0.679. The van der Waals surface area contributed by atoms with E-state index in [1.807, 2.05) is 0 Å². The third-order valence-electron chi connectivity index (χ3n) is 6.22. The summed E-state index contributed by atoms with van der Waals surface area (Å²) in [7, 11) is 0. The van der Waals surface area contributed by atoms with Crippen LogP contribution in [0.2, 0.25) is 0 Å². The van der Waals surface area contributed by atoms with Gasteiger partial charge >= 0.3 is 0 Å². The molecule has 3 atom stereocenters. The van der Waals surface area contributed by atoms with Crippen molar-refractivity contribution < 1.29 is 0 Å². The summed E-state index contributed by atoms with van der Waals surface area (Å²) in [4.78, 5) is 0. The van der Waals surface area contributed by atoms with Gasteiger partial charge in [-0.25, -0.2) is 0 Å². The van der Waals surface area contributed by atoms with Crippen molar-refractivity contribution >= 4 is 0 Å². The van der Waals surface area contributed by atoms with Gasteiger partial charge in [0.25, 0.3) is 0 Å². The largest absolute Gasteiger partial charge is 0.314 e. The van der Waals surface area contributed by atoms with Gasteiger partial charge in [0.2, 0.25) is 0 Å². The quantitative estimate of drug-likeness (QED) is 0.754. The van der Waals surface area contributed by atoms with E-state index in [-0.39, 0.29) is 0 Å². The van der Waals surface area contributed by atoms with E-state index in [2.05, 4.69) is 33.0 Å². The van der Waals surface area contributed by atoms with E-state index in [1.54, 1.807) is 0 Å². The maximum Gasteiger partial charge on any atom is 0.00440 e. The summed E-state index contributed by atoms with van der Waals surface area (Å²) < 4.78 is 0. The van der Waals surface area contributed by atoms with E-state index in [4.69, 9.17) is 0 Å². The SMILES string of the molecule is CCCNC(C)CC12CC3CC(C)(CC(C)(C3)C1)C2. The Kier molecular flexibility index (Phi) is 3.28. The van der Waals surface area contributed by atoms with E-state index in [1.165, 1.54) is 57.9 Å². The Morgan fingerprint density at radius 2 is 1.68 bits per heavy atom. The molecule has 0 aromatic heterocycles. The Hall–Kier alpha value is -0.0400. The van der Waals surface area contributed by atoms with Gasteiger partial charge in [-0.2, -0.15) is 0 Å². The number of hydrogen-bond donors (Lipinski definition) is 1. The van der Waals surface area contributed by atoms with Crippen molar-refractivity contribution in [3.05, 3.63) is 0 Å². The molecule has 1 N–H and O–H groups in total. The summed E-state index contributed by atoms with van der Waals surface area (Å²) in [6, 6.07) is 0.711. The lowest BCUT2D eigenvalue weighted by molar-refractivity contribution is -0.149. The molecule has 0 heterocycles. The highest BCUT2D eigenvalue weighted by Gasteiger charge is 2.59. The molecule has 1 heteroatoms. The van der Waals surface area contributed by atoms with Crippen LogP contribution in [-0.2, 0) is 0 Å². The van der Waals surface area contributed by atoms with Crippen LogP contribution in [-0.4, -0.2) is 12.6 Å². The smallest absolute Gasteiger partial charge is 0.00440 e. The first-order valence-electron chi connectivity index (χ1n) is 8.60. The van der Waals surface area contributed by atoms with Crippen LogP contribution in [0.25, 0.3) is 0 Å². The zero-order valence-corrected chi connectivity index (χ0v) is 13.5. The molecule has 1 nitrogen and oxygen atoms in total. The Balaban J connectivity index is 1.73. The Bertz CT molecular complexity index is 330. The third kappa shape index (κ3) is 2.60. The molecule has 4 aliphatic carbocycles. The standard InChI is InChI=1S/C18H33N/c1-5-6-19-14(2)7-18-10-15-8-16(3,12-18)11-17(4,9-15)13-18/h14-15,19H,5-13H2,1-4H3. The Morgan fingerprint density at radius 3 is 2.21 bits per heavy atom. The van der Waals surface area contributed by atoms with Crippen LogP contribution in [0.5, 0.6) is 0 Å². The molecule has 0 aromatic carbocycles. The molecule has 110 valence electrons. The summed E-state index contributed by atoms with van der Waals surface area (Å²) in [6.45, 7) is 11.1. The van der Waals surface area contributed by atoms with Gasteiger partial charge in [0.1, 0.15) is 0 Å². The molecule has 4 rings (SSSR count). The van der Waals surface area contributed by atoms with Crippen LogP contribution in [0.3, 0.4) is 0 Å². The van der Waals surface area contributed by atoms with Gasteiger partial charge < -0.3 is 5.32 Å². The summed E-state index contributed by atoms with van der Waals surface area (Å²) >= 11 is 0. The van der Waals surface area contributed by atoms with Crippen molar-refractivity contribution in [2.45, 2.75) is 85.1 Å². The lowest BCUT2D eigenvalue weighted by Gasteiger charge is -2.66. The van der Waals surface area contributed by atoms with Crippen LogP contribution in [0, 0.1) is 22.2 Å². The fourth-order valence-corrected chi connectivity index (χ4v) is 7.02. The van der Waals surface area contributed by atoms with Crippen molar-refractivity contribution in [2.75, 3.05) is 6.54 Å². The predicted octanol–water partition coefficient (Wildman–Crippen LogP) is 4.76. The molecule has 19 heavy (non-hydrogen) atoms. The molecule has 4 saturated carbocycles. The summed E-state index contributed by atoms with van der Waals surface area (Å²) in [6.07, 6.45) is 11.8. The van der Waals surface area contributed by atoms with Gasteiger partial charge in [-0.05, 0) is 87.0 Å². The van der Waals surface area contributed by atoms with Crippen LogP contribution < -0.4 is 5.32 Å². The van der Waals surface area contributed by atoms with Crippen molar-refractivity contribution in [3.63, 3.8) is 0 Å². The van der Waals surface area contributed by atoms with Gasteiger partial charge in [0.15, 0.2) is 0 Å². The molecule has 0 amide bonds. The second kappa shape index (κ2) is 4.48. The molecule has 4 aliphatic rings. The monoisotopic (exact) mass is 263 g/mol. The summed E-state index contributed by atoms with van der Waals surface area (Å²) in [5, 5.41) is 3.73. The molecule has 3 unspecified atom stereocenters. The lowest BCUT2D eigenvalue weighted by Crippen LogP contribution is -2.56. The molecule has 0 aliphatic heterocycles. The topological polar surface area (TPSA) is 12.0 Å². The Morgan fingerprint density at radius 1 is 1.05 bits per heavy atom. The van der Waals surface area contributed by atoms with E-state index in [0.29, 0.717) is 22.3 Å². The second-order valence-electron chi connectivity index (χ2n) is 9.19. The highest BCUT2D eigenvalue weighted by molar-refractivity contribution is 5.10. The molecular formula is C18H33N. The molecule has 0 aromatic rings. The maximum atomic E-state index is 3.73. The molecule has 0 spiro atoms. The van der Waals surface area contributed by atoms with E-state index in [9.17, 15) is 0 Å². The molecular weight excluding hydrogens is 230 g/mol. The molecule has 4 fully saturated rings. The average molecular weight is 263 g/mol. The number of rotatable bonds is 5.